The van der Waals surface area contributed by atoms with Gasteiger partial charge in [0.15, 0.2) is 4.77 Å². The zero-order valence-electron chi connectivity index (χ0n) is 12.4. The van der Waals surface area contributed by atoms with E-state index in [9.17, 15) is 9.59 Å². The third-order valence-electron chi connectivity index (χ3n) is 4.43. The number of H-pyrrole nitrogens is 2. The van der Waals surface area contributed by atoms with Crippen molar-refractivity contribution in [3.63, 3.8) is 0 Å². The number of fused-ring (bicyclic) bond motifs is 1. The molecule has 1 amide bonds. The lowest BCUT2D eigenvalue weighted by atomic mass is 9.86. The van der Waals surface area contributed by atoms with Crippen LogP contribution < -0.4 is 10.9 Å². The summed E-state index contributed by atoms with van der Waals surface area (Å²) >= 11 is 4.97. The second kappa shape index (κ2) is 6.04. The van der Waals surface area contributed by atoms with Gasteiger partial charge in [0.05, 0.1) is 10.9 Å². The van der Waals surface area contributed by atoms with Gasteiger partial charge in [-0.15, -0.1) is 0 Å². The van der Waals surface area contributed by atoms with E-state index in [1.54, 1.807) is 18.2 Å². The highest BCUT2D eigenvalue weighted by Gasteiger charge is 2.23. The Labute approximate surface area is 133 Å². The number of rotatable bonds is 2. The molecule has 0 radical (unpaired) electrons. The number of hydrogen-bond acceptors (Lipinski definition) is 3. The van der Waals surface area contributed by atoms with Crippen LogP contribution in [0.5, 0.6) is 0 Å². The van der Waals surface area contributed by atoms with Crippen LogP contribution in [-0.4, -0.2) is 21.9 Å². The van der Waals surface area contributed by atoms with Gasteiger partial charge >= 0.3 is 0 Å². The molecule has 2 unspecified atom stereocenters. The molecule has 2 aromatic rings. The lowest BCUT2D eigenvalue weighted by molar-refractivity contribution is 0.0910. The smallest absolute Gasteiger partial charge is 0.259 e. The minimum Gasteiger partial charge on any atom is -0.349 e. The van der Waals surface area contributed by atoms with Crippen molar-refractivity contribution < 1.29 is 4.79 Å². The molecule has 3 N–H and O–H groups in total. The molecule has 6 heteroatoms. The highest BCUT2D eigenvalue weighted by Crippen LogP contribution is 2.24. The maximum atomic E-state index is 12.4. The number of aromatic amines is 2. The van der Waals surface area contributed by atoms with Crippen LogP contribution in [0.25, 0.3) is 10.9 Å². The molecular formula is C16H19N3O2S. The zero-order valence-corrected chi connectivity index (χ0v) is 13.3. The van der Waals surface area contributed by atoms with Gasteiger partial charge in [0.1, 0.15) is 0 Å². The van der Waals surface area contributed by atoms with Crippen molar-refractivity contribution in [2.24, 2.45) is 5.92 Å². The Kier molecular flexibility index (Phi) is 4.11. The SMILES string of the molecule is CC1CCCCC1NC(=O)c1ccc2c(=O)[nH]c(=S)[nH]c2c1. The zero-order chi connectivity index (χ0) is 15.7. The molecule has 0 bridgehead atoms. The molecule has 1 fully saturated rings. The maximum absolute atomic E-state index is 12.4. The number of carbonyl (C=O) groups is 1. The van der Waals surface area contributed by atoms with Gasteiger partial charge < -0.3 is 10.3 Å². The molecule has 2 atom stereocenters. The second-order valence-electron chi connectivity index (χ2n) is 6.01. The lowest BCUT2D eigenvalue weighted by Crippen LogP contribution is -2.41. The van der Waals surface area contributed by atoms with Crippen LogP contribution in [0.4, 0.5) is 0 Å². The molecular weight excluding hydrogens is 298 g/mol. The van der Waals surface area contributed by atoms with E-state index in [2.05, 4.69) is 22.2 Å². The maximum Gasteiger partial charge on any atom is 0.259 e. The minimum absolute atomic E-state index is 0.0970. The summed E-state index contributed by atoms with van der Waals surface area (Å²) in [5.41, 5.74) is 0.881. The molecule has 1 heterocycles. The Morgan fingerprint density at radius 1 is 1.27 bits per heavy atom. The summed E-state index contributed by atoms with van der Waals surface area (Å²) in [5.74, 6) is 0.409. The van der Waals surface area contributed by atoms with Crippen LogP contribution in [0.2, 0.25) is 0 Å². The monoisotopic (exact) mass is 317 g/mol. The number of amides is 1. The predicted octanol–water partition coefficient (Wildman–Crippen LogP) is 2.89. The van der Waals surface area contributed by atoms with Crippen molar-refractivity contribution in [1.29, 1.82) is 0 Å². The molecule has 1 aromatic heterocycles. The lowest BCUT2D eigenvalue weighted by Gasteiger charge is -2.29. The minimum atomic E-state index is -0.244. The highest BCUT2D eigenvalue weighted by molar-refractivity contribution is 7.71. The first-order valence-corrected chi connectivity index (χ1v) is 8.02. The molecule has 1 aromatic carbocycles. The third kappa shape index (κ3) is 2.97. The van der Waals surface area contributed by atoms with Crippen LogP contribution in [0.1, 0.15) is 43.0 Å². The van der Waals surface area contributed by atoms with E-state index < -0.39 is 0 Å². The van der Waals surface area contributed by atoms with Gasteiger partial charge in [-0.3, -0.25) is 14.6 Å². The van der Waals surface area contributed by atoms with Crippen LogP contribution >= 0.6 is 12.2 Å². The molecule has 116 valence electrons. The average molecular weight is 317 g/mol. The first-order chi connectivity index (χ1) is 10.5. The summed E-state index contributed by atoms with van der Waals surface area (Å²) in [6.07, 6.45) is 4.59. The fourth-order valence-electron chi connectivity index (χ4n) is 3.09. The molecule has 22 heavy (non-hydrogen) atoms. The molecule has 1 aliphatic carbocycles. The summed E-state index contributed by atoms with van der Waals surface area (Å²) in [7, 11) is 0. The standard InChI is InChI=1S/C16H19N3O2S/c1-9-4-2-3-5-12(9)17-14(20)10-6-7-11-13(8-10)18-16(22)19-15(11)21/h6-9,12H,2-5H2,1H3,(H,17,20)(H2,18,19,21,22). The van der Waals surface area contributed by atoms with E-state index in [0.717, 1.165) is 19.3 Å². The summed E-state index contributed by atoms with van der Waals surface area (Å²) < 4.78 is 0.260. The van der Waals surface area contributed by atoms with E-state index in [-0.39, 0.29) is 22.3 Å². The quantitative estimate of drug-likeness (QED) is 0.745. The van der Waals surface area contributed by atoms with E-state index in [1.807, 2.05) is 0 Å². The van der Waals surface area contributed by atoms with Crippen molar-refractivity contribution in [1.82, 2.24) is 15.3 Å². The summed E-state index contributed by atoms with van der Waals surface area (Å²) in [5, 5.41) is 3.61. The van der Waals surface area contributed by atoms with Crippen LogP contribution in [0.3, 0.4) is 0 Å². The fraction of sp³-hybridized carbons (Fsp3) is 0.438. The van der Waals surface area contributed by atoms with Crippen molar-refractivity contribution >= 4 is 29.0 Å². The Morgan fingerprint density at radius 3 is 2.82 bits per heavy atom. The van der Waals surface area contributed by atoms with Gasteiger partial charge in [-0.25, -0.2) is 0 Å². The summed E-state index contributed by atoms with van der Waals surface area (Å²) in [6, 6.07) is 5.24. The Hall–Kier alpha value is -1.95. The first kappa shape index (κ1) is 15.0. The predicted molar refractivity (Wildman–Crippen MR) is 88.6 cm³/mol. The summed E-state index contributed by atoms with van der Waals surface area (Å²) in [6.45, 7) is 2.18. The molecule has 3 rings (SSSR count). The van der Waals surface area contributed by atoms with Crippen LogP contribution in [0, 0.1) is 10.7 Å². The molecule has 0 saturated heterocycles. The number of nitrogens with one attached hydrogen (secondary N) is 3. The third-order valence-corrected chi connectivity index (χ3v) is 4.63. The topological polar surface area (TPSA) is 77.8 Å². The van der Waals surface area contributed by atoms with E-state index in [4.69, 9.17) is 12.2 Å². The first-order valence-electron chi connectivity index (χ1n) is 7.62. The second-order valence-corrected chi connectivity index (χ2v) is 6.42. The Bertz CT molecular complexity index is 824. The number of aromatic nitrogens is 2. The fourth-order valence-corrected chi connectivity index (χ4v) is 3.30. The van der Waals surface area contributed by atoms with Gasteiger partial charge in [0, 0.05) is 11.6 Å². The van der Waals surface area contributed by atoms with Gasteiger partial charge in [-0.1, -0.05) is 19.8 Å². The van der Waals surface area contributed by atoms with Crippen molar-refractivity contribution in [2.45, 2.75) is 38.6 Å². The summed E-state index contributed by atoms with van der Waals surface area (Å²) in [4.78, 5) is 29.7. The van der Waals surface area contributed by atoms with Crippen molar-refractivity contribution in [3.8, 4) is 0 Å². The molecule has 5 nitrogen and oxygen atoms in total. The van der Waals surface area contributed by atoms with E-state index in [0.29, 0.717) is 22.4 Å². The number of benzene rings is 1. The highest BCUT2D eigenvalue weighted by atomic mass is 32.1. The molecule has 0 spiro atoms. The Balaban J connectivity index is 1.88. The van der Waals surface area contributed by atoms with E-state index in [1.165, 1.54) is 6.42 Å². The van der Waals surface area contributed by atoms with Gasteiger partial charge in [-0.2, -0.15) is 0 Å². The van der Waals surface area contributed by atoms with Gasteiger partial charge in [-0.05, 0) is 49.2 Å². The van der Waals surface area contributed by atoms with E-state index >= 15 is 0 Å². The largest absolute Gasteiger partial charge is 0.349 e. The number of carbonyl (C=O) groups excluding carboxylic acids is 1. The van der Waals surface area contributed by atoms with Crippen molar-refractivity contribution in [3.05, 3.63) is 38.9 Å². The van der Waals surface area contributed by atoms with Gasteiger partial charge in [0.2, 0.25) is 0 Å². The van der Waals surface area contributed by atoms with Crippen LogP contribution in [0.15, 0.2) is 23.0 Å². The van der Waals surface area contributed by atoms with Crippen LogP contribution in [-0.2, 0) is 0 Å². The normalized spacial score (nSPS) is 21.7. The molecule has 1 aliphatic rings. The molecule has 1 saturated carbocycles. The average Bonchev–Trinajstić information content (AvgIpc) is 2.48. The Morgan fingerprint density at radius 2 is 2.05 bits per heavy atom. The van der Waals surface area contributed by atoms with Crippen molar-refractivity contribution in [2.75, 3.05) is 0 Å². The number of hydrogen-bond donors (Lipinski definition) is 3. The molecule has 0 aliphatic heterocycles. The van der Waals surface area contributed by atoms with Gasteiger partial charge in [0.25, 0.3) is 11.5 Å².